The first-order valence-electron chi connectivity index (χ1n) is 8.49. The Labute approximate surface area is 158 Å². The minimum absolute atomic E-state index is 0.0505. The van der Waals surface area contributed by atoms with Crippen molar-refractivity contribution in [3.8, 4) is 11.4 Å². The summed E-state index contributed by atoms with van der Waals surface area (Å²) < 4.78 is 12.2. The number of amides is 1. The van der Waals surface area contributed by atoms with Crippen molar-refractivity contribution in [2.24, 2.45) is 0 Å². The lowest BCUT2D eigenvalue weighted by molar-refractivity contribution is -0.120. The molecule has 0 bridgehead atoms. The summed E-state index contributed by atoms with van der Waals surface area (Å²) in [6.07, 6.45) is 0. The van der Waals surface area contributed by atoms with Gasteiger partial charge in [0.1, 0.15) is 0 Å². The van der Waals surface area contributed by atoms with E-state index in [4.69, 9.17) is 9.47 Å². The summed E-state index contributed by atoms with van der Waals surface area (Å²) in [6, 6.07) is 8.12. The number of thioether (sulfide) groups is 1. The highest BCUT2D eigenvalue weighted by atomic mass is 32.2. The van der Waals surface area contributed by atoms with E-state index in [-0.39, 0.29) is 11.2 Å². The SMILES string of the molecule is COCCNC(=O)[C@@H](C)Sc1nnc(-c2cccc(C)c2)n1CCOC. The number of nitrogens with one attached hydrogen (secondary N) is 1. The molecular formula is C18H26N4O3S. The van der Waals surface area contributed by atoms with Crippen LogP contribution >= 0.6 is 11.8 Å². The third-order valence-electron chi connectivity index (χ3n) is 3.77. The van der Waals surface area contributed by atoms with Crippen LogP contribution < -0.4 is 5.32 Å². The van der Waals surface area contributed by atoms with E-state index >= 15 is 0 Å². The average Bonchev–Trinajstić information content (AvgIpc) is 3.02. The van der Waals surface area contributed by atoms with Gasteiger partial charge in [0.15, 0.2) is 11.0 Å². The van der Waals surface area contributed by atoms with E-state index < -0.39 is 0 Å². The predicted octanol–water partition coefficient (Wildman–Crippen LogP) is 2.14. The number of aryl methyl sites for hydroxylation is 1. The van der Waals surface area contributed by atoms with Crippen LogP contribution in [0.25, 0.3) is 11.4 Å². The second kappa shape index (κ2) is 10.3. The van der Waals surface area contributed by atoms with Crippen molar-refractivity contribution in [2.45, 2.75) is 30.8 Å². The van der Waals surface area contributed by atoms with E-state index in [0.29, 0.717) is 31.5 Å². The number of hydrogen-bond donors (Lipinski definition) is 1. The number of nitrogens with zero attached hydrogens (tertiary/aromatic N) is 3. The number of ether oxygens (including phenoxy) is 2. The molecular weight excluding hydrogens is 352 g/mol. The third-order valence-corrected chi connectivity index (χ3v) is 4.85. The molecule has 0 spiro atoms. The number of rotatable bonds is 10. The van der Waals surface area contributed by atoms with Crippen molar-refractivity contribution in [3.05, 3.63) is 29.8 Å². The fraction of sp³-hybridized carbons (Fsp3) is 0.500. The smallest absolute Gasteiger partial charge is 0.233 e. The molecule has 2 aromatic rings. The van der Waals surface area contributed by atoms with Gasteiger partial charge in [-0.2, -0.15) is 0 Å². The molecule has 8 heteroatoms. The van der Waals surface area contributed by atoms with Crippen LogP contribution in [0, 0.1) is 6.92 Å². The van der Waals surface area contributed by atoms with E-state index in [0.717, 1.165) is 17.0 Å². The van der Waals surface area contributed by atoms with Crippen LogP contribution in [-0.2, 0) is 20.8 Å². The maximum absolute atomic E-state index is 12.2. The van der Waals surface area contributed by atoms with E-state index in [2.05, 4.69) is 21.6 Å². The Morgan fingerprint density at radius 1 is 1.27 bits per heavy atom. The first-order valence-corrected chi connectivity index (χ1v) is 9.37. The van der Waals surface area contributed by atoms with Gasteiger partial charge in [-0.05, 0) is 19.9 Å². The van der Waals surface area contributed by atoms with Crippen molar-refractivity contribution in [3.63, 3.8) is 0 Å². The molecule has 0 saturated carbocycles. The second-order valence-electron chi connectivity index (χ2n) is 5.86. The Bertz CT molecular complexity index is 720. The van der Waals surface area contributed by atoms with E-state index in [1.54, 1.807) is 14.2 Å². The van der Waals surface area contributed by atoms with Gasteiger partial charge in [0, 0.05) is 26.3 Å². The van der Waals surface area contributed by atoms with Gasteiger partial charge in [-0.25, -0.2) is 0 Å². The van der Waals surface area contributed by atoms with Crippen molar-refractivity contribution in [1.29, 1.82) is 0 Å². The Balaban J connectivity index is 2.18. The number of aromatic nitrogens is 3. The van der Waals surface area contributed by atoms with Gasteiger partial charge in [-0.3, -0.25) is 9.36 Å². The van der Waals surface area contributed by atoms with Crippen LogP contribution in [0.4, 0.5) is 0 Å². The van der Waals surface area contributed by atoms with E-state index in [9.17, 15) is 4.79 Å². The molecule has 1 amide bonds. The highest BCUT2D eigenvalue weighted by Gasteiger charge is 2.20. The molecule has 0 saturated heterocycles. The van der Waals surface area contributed by atoms with Crippen LogP contribution in [-0.4, -0.2) is 59.9 Å². The molecule has 1 N–H and O–H groups in total. The lowest BCUT2D eigenvalue weighted by Crippen LogP contribution is -2.33. The van der Waals surface area contributed by atoms with Crippen LogP contribution in [0.2, 0.25) is 0 Å². The van der Waals surface area contributed by atoms with E-state index in [1.165, 1.54) is 11.8 Å². The summed E-state index contributed by atoms with van der Waals surface area (Å²) in [7, 11) is 3.27. The molecule has 26 heavy (non-hydrogen) atoms. The number of benzene rings is 1. The third kappa shape index (κ3) is 5.55. The first kappa shape index (κ1) is 20.4. The Morgan fingerprint density at radius 3 is 2.73 bits per heavy atom. The molecule has 0 radical (unpaired) electrons. The second-order valence-corrected chi connectivity index (χ2v) is 7.17. The van der Waals surface area contributed by atoms with E-state index in [1.807, 2.05) is 36.6 Å². The number of hydrogen-bond acceptors (Lipinski definition) is 6. The molecule has 7 nitrogen and oxygen atoms in total. The minimum Gasteiger partial charge on any atom is -0.383 e. The van der Waals surface area contributed by atoms with Gasteiger partial charge in [-0.1, -0.05) is 35.5 Å². The molecule has 1 aromatic carbocycles. The molecule has 0 fully saturated rings. The first-order chi connectivity index (χ1) is 12.6. The summed E-state index contributed by atoms with van der Waals surface area (Å²) in [5, 5.41) is 11.9. The van der Waals surface area contributed by atoms with Crippen molar-refractivity contribution >= 4 is 17.7 Å². The molecule has 1 heterocycles. The topological polar surface area (TPSA) is 78.3 Å². The monoisotopic (exact) mass is 378 g/mol. The molecule has 1 aromatic heterocycles. The van der Waals surface area contributed by atoms with Gasteiger partial charge in [0.2, 0.25) is 5.91 Å². The fourth-order valence-electron chi connectivity index (χ4n) is 2.39. The summed E-state index contributed by atoms with van der Waals surface area (Å²) in [5.41, 5.74) is 2.15. The molecule has 142 valence electrons. The maximum Gasteiger partial charge on any atom is 0.233 e. The van der Waals surface area contributed by atoms with Crippen molar-refractivity contribution in [2.75, 3.05) is 34.0 Å². The number of carbonyl (C=O) groups excluding carboxylic acids is 1. The summed E-state index contributed by atoms with van der Waals surface area (Å²) in [4.78, 5) is 12.2. The molecule has 2 rings (SSSR count). The lowest BCUT2D eigenvalue weighted by atomic mass is 10.1. The van der Waals surface area contributed by atoms with Crippen LogP contribution in [0.1, 0.15) is 12.5 Å². The summed E-state index contributed by atoms with van der Waals surface area (Å²) in [5.74, 6) is 0.727. The number of carbonyl (C=O) groups is 1. The highest BCUT2D eigenvalue weighted by Crippen LogP contribution is 2.27. The normalized spacial score (nSPS) is 12.2. The van der Waals surface area contributed by atoms with Gasteiger partial charge >= 0.3 is 0 Å². The van der Waals surface area contributed by atoms with Crippen molar-refractivity contribution in [1.82, 2.24) is 20.1 Å². The largest absolute Gasteiger partial charge is 0.383 e. The molecule has 0 aliphatic carbocycles. The van der Waals surface area contributed by atoms with Crippen LogP contribution in [0.15, 0.2) is 29.4 Å². The van der Waals surface area contributed by atoms with Crippen molar-refractivity contribution < 1.29 is 14.3 Å². The van der Waals surface area contributed by atoms with Gasteiger partial charge < -0.3 is 14.8 Å². The molecule has 0 aliphatic heterocycles. The summed E-state index contributed by atoms with van der Waals surface area (Å²) in [6.45, 7) is 6.04. The van der Waals surface area contributed by atoms with Crippen LogP contribution in [0.5, 0.6) is 0 Å². The summed E-state index contributed by atoms with van der Waals surface area (Å²) >= 11 is 1.39. The standard InChI is InChI=1S/C18H26N4O3S/c1-13-6-5-7-15(12-13)16-20-21-18(22(16)9-11-25-4)26-14(2)17(23)19-8-10-24-3/h5-7,12,14H,8-11H2,1-4H3,(H,19,23)/t14-/m1/s1. The quantitative estimate of drug-likeness (QED) is 0.504. The highest BCUT2D eigenvalue weighted by molar-refractivity contribution is 8.00. The zero-order valence-corrected chi connectivity index (χ0v) is 16.5. The van der Waals surface area contributed by atoms with Gasteiger partial charge in [-0.15, -0.1) is 10.2 Å². The lowest BCUT2D eigenvalue weighted by Gasteiger charge is -2.13. The Kier molecular flexibility index (Phi) is 8.08. The maximum atomic E-state index is 12.2. The Hall–Kier alpha value is -1.90. The van der Waals surface area contributed by atoms with Crippen LogP contribution in [0.3, 0.4) is 0 Å². The zero-order valence-electron chi connectivity index (χ0n) is 15.7. The Morgan fingerprint density at radius 2 is 2.04 bits per heavy atom. The minimum atomic E-state index is -0.289. The predicted molar refractivity (Wildman–Crippen MR) is 102 cm³/mol. The fourth-order valence-corrected chi connectivity index (χ4v) is 3.29. The molecule has 1 atom stereocenters. The molecule has 0 unspecified atom stereocenters. The van der Waals surface area contributed by atoms with Gasteiger partial charge in [0.05, 0.1) is 25.0 Å². The average molecular weight is 378 g/mol. The zero-order chi connectivity index (χ0) is 18.9. The van der Waals surface area contributed by atoms with Gasteiger partial charge in [0.25, 0.3) is 0 Å². The molecule has 0 aliphatic rings. The number of methoxy groups -OCH3 is 2.